The van der Waals surface area contributed by atoms with E-state index < -0.39 is 11.6 Å². The lowest BCUT2D eigenvalue weighted by molar-refractivity contribution is 0.395. The van der Waals surface area contributed by atoms with Crippen molar-refractivity contribution in [2.75, 3.05) is 18.0 Å². The van der Waals surface area contributed by atoms with Gasteiger partial charge in [-0.25, -0.2) is 8.78 Å². The summed E-state index contributed by atoms with van der Waals surface area (Å²) in [7, 11) is 0. The maximum Gasteiger partial charge on any atom is 0.182 e. The predicted octanol–water partition coefficient (Wildman–Crippen LogP) is 2.54. The first kappa shape index (κ1) is 12.3. The molecule has 0 radical (unpaired) electrons. The first-order chi connectivity index (χ1) is 8.13. The average molecular weight is 240 g/mol. The van der Waals surface area contributed by atoms with Gasteiger partial charge in [-0.05, 0) is 25.5 Å². The Labute approximate surface area is 101 Å². The fourth-order valence-electron chi connectivity index (χ4n) is 2.33. The molecule has 4 heteroatoms. The van der Waals surface area contributed by atoms with Crippen molar-refractivity contribution in [3.8, 4) is 0 Å². The molecule has 1 N–H and O–H groups in total. The van der Waals surface area contributed by atoms with Gasteiger partial charge < -0.3 is 10.2 Å². The highest BCUT2D eigenvalue weighted by Crippen LogP contribution is 2.26. The Balaban J connectivity index is 2.32. The summed E-state index contributed by atoms with van der Waals surface area (Å²) in [4.78, 5) is 1.97. The number of nitrogens with zero attached hydrogens (tertiary/aromatic N) is 1. The minimum absolute atomic E-state index is 0.225. The summed E-state index contributed by atoms with van der Waals surface area (Å²) in [5.41, 5.74) is 0.380. The SMILES string of the molecule is CCC1CNC(C)CN1c1cccc(F)c1F. The molecule has 2 atom stereocenters. The summed E-state index contributed by atoms with van der Waals surface area (Å²) in [5.74, 6) is -1.51. The molecule has 2 rings (SSSR count). The normalized spacial score (nSPS) is 25.1. The lowest BCUT2D eigenvalue weighted by atomic mass is 10.1. The lowest BCUT2D eigenvalue weighted by Gasteiger charge is -2.40. The number of nitrogens with one attached hydrogen (secondary N) is 1. The quantitative estimate of drug-likeness (QED) is 0.854. The Morgan fingerprint density at radius 3 is 2.88 bits per heavy atom. The second-order valence-corrected chi connectivity index (χ2v) is 4.60. The van der Waals surface area contributed by atoms with Crippen LogP contribution in [0.4, 0.5) is 14.5 Å². The molecule has 0 spiro atoms. The summed E-state index contributed by atoms with van der Waals surface area (Å²) in [6.45, 7) is 5.63. The van der Waals surface area contributed by atoms with Crippen molar-refractivity contribution < 1.29 is 8.78 Å². The summed E-state index contributed by atoms with van der Waals surface area (Å²) in [6, 6.07) is 4.89. The third-order valence-electron chi connectivity index (χ3n) is 3.33. The van der Waals surface area contributed by atoms with E-state index in [4.69, 9.17) is 0 Å². The predicted molar refractivity (Wildman–Crippen MR) is 65.2 cm³/mol. The number of anilines is 1. The Morgan fingerprint density at radius 2 is 2.18 bits per heavy atom. The molecule has 1 aromatic rings. The van der Waals surface area contributed by atoms with Gasteiger partial charge in [-0.15, -0.1) is 0 Å². The van der Waals surface area contributed by atoms with E-state index in [1.54, 1.807) is 12.1 Å². The Kier molecular flexibility index (Phi) is 3.62. The standard InChI is InChI=1S/C13H18F2N2/c1-3-10-7-16-9(2)8-17(10)12-6-4-5-11(14)13(12)15/h4-6,9-10,16H,3,7-8H2,1-2H3. The molecule has 2 nitrogen and oxygen atoms in total. The minimum Gasteiger partial charge on any atom is -0.363 e. The zero-order valence-corrected chi connectivity index (χ0v) is 10.2. The molecule has 1 aliphatic heterocycles. The minimum atomic E-state index is -0.775. The number of hydrogen-bond acceptors (Lipinski definition) is 2. The molecule has 0 saturated carbocycles. The van der Waals surface area contributed by atoms with Crippen LogP contribution in [0.3, 0.4) is 0 Å². The summed E-state index contributed by atoms with van der Waals surface area (Å²) < 4.78 is 27.0. The van der Waals surface area contributed by atoms with Crippen LogP contribution in [-0.2, 0) is 0 Å². The van der Waals surface area contributed by atoms with E-state index in [1.807, 2.05) is 4.90 Å². The molecule has 2 unspecified atom stereocenters. The van der Waals surface area contributed by atoms with Gasteiger partial charge in [0.25, 0.3) is 0 Å². The molecule has 17 heavy (non-hydrogen) atoms. The fraction of sp³-hybridized carbons (Fsp3) is 0.538. The highest BCUT2D eigenvalue weighted by Gasteiger charge is 2.27. The monoisotopic (exact) mass is 240 g/mol. The van der Waals surface area contributed by atoms with Crippen molar-refractivity contribution >= 4 is 5.69 Å². The van der Waals surface area contributed by atoms with E-state index in [2.05, 4.69) is 19.2 Å². The molecule has 1 aliphatic rings. The van der Waals surface area contributed by atoms with Gasteiger partial charge in [-0.2, -0.15) is 0 Å². The maximum atomic E-state index is 13.8. The first-order valence-corrected chi connectivity index (χ1v) is 6.07. The zero-order valence-electron chi connectivity index (χ0n) is 10.2. The Bertz CT molecular complexity index is 395. The number of halogens is 2. The fourth-order valence-corrected chi connectivity index (χ4v) is 2.33. The van der Waals surface area contributed by atoms with Crippen LogP contribution in [0.5, 0.6) is 0 Å². The zero-order chi connectivity index (χ0) is 12.4. The van der Waals surface area contributed by atoms with E-state index >= 15 is 0 Å². The molecule has 0 aliphatic carbocycles. The van der Waals surface area contributed by atoms with Gasteiger partial charge in [0.1, 0.15) is 0 Å². The van der Waals surface area contributed by atoms with E-state index in [-0.39, 0.29) is 6.04 Å². The highest BCUT2D eigenvalue weighted by atomic mass is 19.2. The summed E-state index contributed by atoms with van der Waals surface area (Å²) >= 11 is 0. The van der Waals surface area contributed by atoms with Crippen LogP contribution in [0.15, 0.2) is 18.2 Å². The number of hydrogen-bond donors (Lipinski definition) is 1. The Morgan fingerprint density at radius 1 is 1.41 bits per heavy atom. The highest BCUT2D eigenvalue weighted by molar-refractivity contribution is 5.50. The largest absolute Gasteiger partial charge is 0.363 e. The van der Waals surface area contributed by atoms with Crippen LogP contribution in [0.2, 0.25) is 0 Å². The molecule has 1 heterocycles. The van der Waals surface area contributed by atoms with Gasteiger partial charge in [0.2, 0.25) is 0 Å². The second kappa shape index (κ2) is 5.00. The van der Waals surface area contributed by atoms with Crippen molar-refractivity contribution in [1.29, 1.82) is 0 Å². The van der Waals surface area contributed by atoms with Crippen LogP contribution in [0, 0.1) is 11.6 Å². The molecule has 1 fully saturated rings. The molecule has 1 saturated heterocycles. The van der Waals surface area contributed by atoms with Gasteiger partial charge in [-0.3, -0.25) is 0 Å². The van der Waals surface area contributed by atoms with Crippen LogP contribution >= 0.6 is 0 Å². The summed E-state index contributed by atoms with van der Waals surface area (Å²) in [6.07, 6.45) is 0.912. The third-order valence-corrected chi connectivity index (χ3v) is 3.33. The first-order valence-electron chi connectivity index (χ1n) is 6.07. The van der Waals surface area contributed by atoms with Crippen molar-refractivity contribution in [2.24, 2.45) is 0 Å². The molecule has 94 valence electrons. The molecular formula is C13H18F2N2. The molecule has 0 bridgehead atoms. The smallest absolute Gasteiger partial charge is 0.182 e. The van der Waals surface area contributed by atoms with Gasteiger partial charge in [-0.1, -0.05) is 13.0 Å². The molecule has 0 aromatic heterocycles. The summed E-state index contributed by atoms with van der Waals surface area (Å²) in [5, 5.41) is 3.36. The van der Waals surface area contributed by atoms with Crippen LogP contribution in [0.25, 0.3) is 0 Å². The Hall–Kier alpha value is -1.16. The van der Waals surface area contributed by atoms with Crippen LogP contribution in [-0.4, -0.2) is 25.2 Å². The van der Waals surface area contributed by atoms with Crippen LogP contribution < -0.4 is 10.2 Å². The van der Waals surface area contributed by atoms with Crippen molar-refractivity contribution in [3.05, 3.63) is 29.8 Å². The van der Waals surface area contributed by atoms with Gasteiger partial charge in [0.05, 0.1) is 5.69 Å². The third kappa shape index (κ3) is 2.41. The number of piperazine rings is 1. The topological polar surface area (TPSA) is 15.3 Å². The van der Waals surface area contributed by atoms with Crippen LogP contribution in [0.1, 0.15) is 20.3 Å². The van der Waals surface area contributed by atoms with E-state index in [1.165, 1.54) is 0 Å². The van der Waals surface area contributed by atoms with Crippen molar-refractivity contribution in [3.63, 3.8) is 0 Å². The lowest BCUT2D eigenvalue weighted by Crippen LogP contribution is -2.55. The molecular weight excluding hydrogens is 222 g/mol. The number of rotatable bonds is 2. The van der Waals surface area contributed by atoms with Crippen molar-refractivity contribution in [1.82, 2.24) is 5.32 Å². The maximum absolute atomic E-state index is 13.8. The van der Waals surface area contributed by atoms with E-state index in [9.17, 15) is 8.78 Å². The second-order valence-electron chi connectivity index (χ2n) is 4.60. The van der Waals surface area contributed by atoms with E-state index in [0.29, 0.717) is 18.3 Å². The van der Waals surface area contributed by atoms with Gasteiger partial charge in [0.15, 0.2) is 11.6 Å². The molecule has 0 amide bonds. The number of benzene rings is 1. The van der Waals surface area contributed by atoms with Crippen molar-refractivity contribution in [2.45, 2.75) is 32.4 Å². The van der Waals surface area contributed by atoms with Gasteiger partial charge in [0, 0.05) is 25.2 Å². The van der Waals surface area contributed by atoms with E-state index in [0.717, 1.165) is 19.0 Å². The van der Waals surface area contributed by atoms with Gasteiger partial charge >= 0.3 is 0 Å². The molecule has 1 aromatic carbocycles. The average Bonchev–Trinajstić information content (AvgIpc) is 2.33.